The van der Waals surface area contributed by atoms with Crippen molar-refractivity contribution in [2.45, 2.75) is 19.8 Å². The Morgan fingerprint density at radius 1 is 1.73 bits per heavy atom. The summed E-state index contributed by atoms with van der Waals surface area (Å²) in [5.41, 5.74) is 0. The van der Waals surface area contributed by atoms with E-state index >= 15 is 0 Å². The first kappa shape index (κ1) is 8.24. The van der Waals surface area contributed by atoms with Gasteiger partial charge in [-0.2, -0.15) is 0 Å². The van der Waals surface area contributed by atoms with Gasteiger partial charge in [0.1, 0.15) is 0 Å². The third kappa shape index (κ3) is 1.59. The molecule has 62 valence electrons. The fourth-order valence-corrected chi connectivity index (χ4v) is 1.31. The maximum atomic E-state index is 11.2. The monoisotopic (exact) mass is 155 g/mol. The van der Waals surface area contributed by atoms with Gasteiger partial charge in [0.25, 0.3) is 0 Å². The highest BCUT2D eigenvalue weighted by Crippen LogP contribution is 2.41. The molecular formula is C8H13NO2. The average molecular weight is 155 g/mol. The molecule has 1 rings (SSSR count). The van der Waals surface area contributed by atoms with E-state index in [1.54, 1.807) is 0 Å². The van der Waals surface area contributed by atoms with Crippen molar-refractivity contribution in [1.29, 1.82) is 0 Å². The second-order valence-corrected chi connectivity index (χ2v) is 3.07. The normalized spacial score (nSPS) is 27.8. The van der Waals surface area contributed by atoms with Crippen LogP contribution in [0.5, 0.6) is 0 Å². The lowest BCUT2D eigenvalue weighted by Crippen LogP contribution is -2.26. The van der Waals surface area contributed by atoms with E-state index in [-0.39, 0.29) is 11.8 Å². The van der Waals surface area contributed by atoms with Crippen LogP contribution in [0.15, 0.2) is 0 Å². The molecule has 0 aromatic carbocycles. The smallest absolute Gasteiger partial charge is 0.232 e. The maximum Gasteiger partial charge on any atom is 0.232 e. The fourth-order valence-electron chi connectivity index (χ4n) is 1.31. The number of hydrogen-bond donors (Lipinski definition) is 0. The lowest BCUT2D eigenvalue weighted by molar-refractivity contribution is -0.137. The molecule has 0 spiro atoms. The van der Waals surface area contributed by atoms with Gasteiger partial charge in [-0.15, -0.1) is 0 Å². The molecule has 1 aliphatic carbocycles. The highest BCUT2D eigenvalue weighted by molar-refractivity contribution is 5.89. The Balaban J connectivity index is 2.39. The summed E-state index contributed by atoms with van der Waals surface area (Å²) in [7, 11) is 1.51. The van der Waals surface area contributed by atoms with E-state index < -0.39 is 0 Å². The fraction of sp³-hybridized carbons (Fsp3) is 0.750. The largest absolute Gasteiger partial charge is 0.288 e. The molecule has 1 saturated carbocycles. The summed E-state index contributed by atoms with van der Waals surface area (Å²) in [6.07, 6.45) is 2.59. The molecule has 3 heteroatoms. The number of nitrogens with zero attached hydrogens (tertiary/aromatic N) is 1. The Morgan fingerprint density at radius 3 is 2.73 bits per heavy atom. The number of carbonyl (C=O) groups is 2. The summed E-state index contributed by atoms with van der Waals surface area (Å²) >= 11 is 0. The van der Waals surface area contributed by atoms with Crippen LogP contribution in [0, 0.1) is 11.8 Å². The average Bonchev–Trinajstić information content (AvgIpc) is 2.80. The molecule has 0 heterocycles. The standard InChI is InChI=1S/C8H13NO2/c1-3-6-4-7(6)8(11)9(2)5-10/h5-7H,3-4H2,1-2H3. The van der Waals surface area contributed by atoms with E-state index in [1.807, 2.05) is 0 Å². The van der Waals surface area contributed by atoms with Gasteiger partial charge in [-0.3, -0.25) is 14.5 Å². The molecule has 2 unspecified atom stereocenters. The van der Waals surface area contributed by atoms with Gasteiger partial charge in [-0.1, -0.05) is 13.3 Å². The predicted molar refractivity (Wildman–Crippen MR) is 40.7 cm³/mol. The molecular weight excluding hydrogens is 142 g/mol. The molecule has 11 heavy (non-hydrogen) atoms. The van der Waals surface area contributed by atoms with Crippen molar-refractivity contribution < 1.29 is 9.59 Å². The van der Waals surface area contributed by atoms with Gasteiger partial charge in [-0.25, -0.2) is 0 Å². The first-order valence-electron chi connectivity index (χ1n) is 3.92. The van der Waals surface area contributed by atoms with E-state index in [9.17, 15) is 9.59 Å². The molecule has 1 fully saturated rings. The molecule has 0 N–H and O–H groups in total. The second kappa shape index (κ2) is 3.03. The summed E-state index contributed by atoms with van der Waals surface area (Å²) in [6, 6.07) is 0. The molecule has 0 radical (unpaired) electrons. The van der Waals surface area contributed by atoms with Crippen molar-refractivity contribution in [1.82, 2.24) is 4.90 Å². The third-order valence-electron chi connectivity index (χ3n) is 2.27. The van der Waals surface area contributed by atoms with Gasteiger partial charge in [0, 0.05) is 13.0 Å². The lowest BCUT2D eigenvalue weighted by atomic mass is 10.2. The Hall–Kier alpha value is -0.860. The molecule has 0 aromatic rings. The summed E-state index contributed by atoms with van der Waals surface area (Å²) < 4.78 is 0. The quantitative estimate of drug-likeness (QED) is 0.561. The lowest BCUT2D eigenvalue weighted by Gasteiger charge is -2.06. The van der Waals surface area contributed by atoms with Crippen molar-refractivity contribution >= 4 is 12.3 Å². The number of rotatable bonds is 3. The van der Waals surface area contributed by atoms with Gasteiger partial charge >= 0.3 is 0 Å². The van der Waals surface area contributed by atoms with Crippen LogP contribution in [0.4, 0.5) is 0 Å². The Bertz CT molecular complexity index is 179. The zero-order valence-electron chi connectivity index (χ0n) is 6.91. The number of carbonyl (C=O) groups excluding carboxylic acids is 2. The summed E-state index contributed by atoms with van der Waals surface area (Å²) in [4.78, 5) is 22.5. The van der Waals surface area contributed by atoms with Gasteiger partial charge in [0.2, 0.25) is 12.3 Å². The van der Waals surface area contributed by atoms with E-state index in [0.717, 1.165) is 17.7 Å². The third-order valence-corrected chi connectivity index (χ3v) is 2.27. The van der Waals surface area contributed by atoms with E-state index in [0.29, 0.717) is 12.3 Å². The molecule has 0 aromatic heterocycles. The van der Waals surface area contributed by atoms with Crippen molar-refractivity contribution in [3.63, 3.8) is 0 Å². The first-order chi connectivity index (χ1) is 5.20. The minimum absolute atomic E-state index is 0.0214. The molecule has 1 aliphatic rings. The van der Waals surface area contributed by atoms with Gasteiger partial charge in [0.05, 0.1) is 0 Å². The molecule has 0 bridgehead atoms. The Labute approximate surface area is 66.4 Å². The van der Waals surface area contributed by atoms with Crippen LogP contribution in [0.25, 0.3) is 0 Å². The minimum Gasteiger partial charge on any atom is -0.288 e. The van der Waals surface area contributed by atoms with Crippen LogP contribution in [0.2, 0.25) is 0 Å². The van der Waals surface area contributed by atoms with Gasteiger partial charge < -0.3 is 0 Å². The highest BCUT2D eigenvalue weighted by atomic mass is 16.2. The molecule has 3 nitrogen and oxygen atoms in total. The second-order valence-electron chi connectivity index (χ2n) is 3.07. The maximum absolute atomic E-state index is 11.2. The molecule has 0 saturated heterocycles. The summed E-state index contributed by atoms with van der Waals surface area (Å²) in [5, 5.41) is 0. The number of imide groups is 1. The van der Waals surface area contributed by atoms with Gasteiger partial charge in [0.15, 0.2) is 0 Å². The Kier molecular flexibility index (Phi) is 2.27. The minimum atomic E-state index is -0.0214. The van der Waals surface area contributed by atoms with Crippen LogP contribution < -0.4 is 0 Å². The first-order valence-corrected chi connectivity index (χ1v) is 3.92. The number of hydrogen-bond acceptors (Lipinski definition) is 2. The van der Waals surface area contributed by atoms with Crippen molar-refractivity contribution in [2.75, 3.05) is 7.05 Å². The zero-order chi connectivity index (χ0) is 8.43. The number of amides is 2. The Morgan fingerprint density at radius 2 is 2.36 bits per heavy atom. The molecule has 2 amide bonds. The molecule has 2 atom stereocenters. The van der Waals surface area contributed by atoms with Crippen LogP contribution in [0.3, 0.4) is 0 Å². The van der Waals surface area contributed by atoms with E-state index in [4.69, 9.17) is 0 Å². The van der Waals surface area contributed by atoms with E-state index in [1.165, 1.54) is 7.05 Å². The van der Waals surface area contributed by atoms with Crippen molar-refractivity contribution in [2.24, 2.45) is 11.8 Å². The van der Waals surface area contributed by atoms with Crippen molar-refractivity contribution in [3.8, 4) is 0 Å². The highest BCUT2D eigenvalue weighted by Gasteiger charge is 2.42. The SMILES string of the molecule is CCC1CC1C(=O)N(C)C=O. The summed E-state index contributed by atoms with van der Waals surface area (Å²) in [6.45, 7) is 2.07. The van der Waals surface area contributed by atoms with E-state index in [2.05, 4.69) is 6.92 Å². The topological polar surface area (TPSA) is 37.4 Å². The zero-order valence-corrected chi connectivity index (χ0v) is 6.91. The summed E-state index contributed by atoms with van der Waals surface area (Å²) in [5.74, 6) is 0.645. The van der Waals surface area contributed by atoms with Crippen LogP contribution in [-0.4, -0.2) is 24.3 Å². The van der Waals surface area contributed by atoms with Crippen LogP contribution >= 0.6 is 0 Å². The van der Waals surface area contributed by atoms with Gasteiger partial charge in [-0.05, 0) is 12.3 Å². The molecule has 0 aliphatic heterocycles. The van der Waals surface area contributed by atoms with Crippen LogP contribution in [0.1, 0.15) is 19.8 Å². The van der Waals surface area contributed by atoms with Crippen LogP contribution in [-0.2, 0) is 9.59 Å². The predicted octanol–water partition coefficient (Wildman–Crippen LogP) is 0.647. The van der Waals surface area contributed by atoms with Crippen molar-refractivity contribution in [3.05, 3.63) is 0 Å².